The maximum absolute atomic E-state index is 13.4. The van der Waals surface area contributed by atoms with E-state index < -0.39 is 17.1 Å². The fourth-order valence-corrected chi connectivity index (χ4v) is 5.00. The Morgan fingerprint density at radius 2 is 1.51 bits per heavy atom. The second kappa shape index (κ2) is 14.0. The average molecular weight is 605 g/mol. The highest BCUT2D eigenvalue weighted by Gasteiger charge is 2.18. The number of benzene rings is 4. The van der Waals surface area contributed by atoms with E-state index in [0.29, 0.717) is 21.8 Å². The molecule has 208 valence electrons. The molecule has 0 heterocycles. The molecule has 0 saturated carbocycles. The van der Waals surface area contributed by atoms with Crippen LogP contribution < -0.4 is 16.0 Å². The van der Waals surface area contributed by atoms with Crippen molar-refractivity contribution >= 4 is 70.1 Å². The van der Waals surface area contributed by atoms with Gasteiger partial charge in [-0.2, -0.15) is 0 Å². The highest BCUT2D eigenvalue weighted by molar-refractivity contribution is 8.00. The first-order valence-electron chi connectivity index (χ1n) is 12.7. The van der Waals surface area contributed by atoms with Crippen molar-refractivity contribution in [3.05, 3.63) is 129 Å². The van der Waals surface area contributed by atoms with Crippen molar-refractivity contribution in [3.63, 3.8) is 0 Å². The van der Waals surface area contributed by atoms with Crippen LogP contribution in [0, 0.1) is 6.92 Å². The molecule has 0 radical (unpaired) electrons. The van der Waals surface area contributed by atoms with Gasteiger partial charge in [0.05, 0.1) is 15.3 Å². The zero-order valence-corrected chi connectivity index (χ0v) is 24.6. The molecule has 0 aliphatic rings. The van der Waals surface area contributed by atoms with Crippen LogP contribution >= 0.6 is 35.0 Å². The summed E-state index contributed by atoms with van der Waals surface area (Å²) in [7, 11) is 0. The lowest BCUT2D eigenvalue weighted by atomic mass is 10.1. The molecule has 3 amide bonds. The maximum atomic E-state index is 13.4. The van der Waals surface area contributed by atoms with E-state index in [1.807, 2.05) is 44.2 Å². The first kappa shape index (κ1) is 29.9. The van der Waals surface area contributed by atoms with Gasteiger partial charge in [-0.3, -0.25) is 14.4 Å². The lowest BCUT2D eigenvalue weighted by Gasteiger charge is -2.14. The molecule has 9 heteroatoms. The number of hydrogen-bond acceptors (Lipinski definition) is 4. The van der Waals surface area contributed by atoms with Gasteiger partial charge in [0, 0.05) is 21.8 Å². The summed E-state index contributed by atoms with van der Waals surface area (Å²) in [6.07, 6.45) is 1.47. The van der Waals surface area contributed by atoms with E-state index in [1.165, 1.54) is 17.8 Å². The molecule has 4 aromatic carbocycles. The van der Waals surface area contributed by atoms with Gasteiger partial charge in [0.15, 0.2) is 0 Å². The highest BCUT2D eigenvalue weighted by Crippen LogP contribution is 2.29. The molecule has 0 spiro atoms. The number of thioether (sulfide) groups is 1. The van der Waals surface area contributed by atoms with E-state index in [4.69, 9.17) is 23.2 Å². The van der Waals surface area contributed by atoms with Gasteiger partial charge in [-0.05, 0) is 74.0 Å². The molecule has 3 N–H and O–H groups in total. The predicted octanol–water partition coefficient (Wildman–Crippen LogP) is 7.83. The standard InChI is InChI=1S/C32H27Cl2N3O3S/c1-20-14-16-24(17-15-20)35-30(38)21(2)41-26-12-7-11-25(19-26)36-32(40)28(18-23-10-6-13-27(33)29(23)34)37-31(39)22-8-4-3-5-9-22/h3-19,21H,1-2H3,(H,35,38)(H,36,40)(H,37,39)/b28-18+. The van der Waals surface area contributed by atoms with Crippen LogP contribution in [0.4, 0.5) is 11.4 Å². The van der Waals surface area contributed by atoms with E-state index in [9.17, 15) is 14.4 Å². The SMILES string of the molecule is Cc1ccc(NC(=O)C(C)Sc2cccc(NC(=O)/C(=C\c3cccc(Cl)c3Cl)NC(=O)c3ccccc3)c2)cc1. The van der Waals surface area contributed by atoms with Crippen LogP contribution in [0.2, 0.25) is 10.0 Å². The Bertz CT molecular complexity index is 1590. The summed E-state index contributed by atoms with van der Waals surface area (Å²) < 4.78 is 0. The normalized spacial score (nSPS) is 11.9. The number of anilines is 2. The summed E-state index contributed by atoms with van der Waals surface area (Å²) in [5, 5.41) is 8.61. The number of aryl methyl sites for hydroxylation is 1. The van der Waals surface area contributed by atoms with Crippen molar-refractivity contribution in [2.24, 2.45) is 0 Å². The number of nitrogens with one attached hydrogen (secondary N) is 3. The lowest BCUT2D eigenvalue weighted by molar-refractivity contribution is -0.115. The molecular weight excluding hydrogens is 577 g/mol. The Balaban J connectivity index is 1.50. The Kier molecular flexibility index (Phi) is 10.2. The predicted molar refractivity (Wildman–Crippen MR) is 169 cm³/mol. The van der Waals surface area contributed by atoms with E-state index >= 15 is 0 Å². The Morgan fingerprint density at radius 3 is 2.24 bits per heavy atom. The summed E-state index contributed by atoms with van der Waals surface area (Å²) >= 11 is 13.9. The van der Waals surface area contributed by atoms with Gasteiger partial charge < -0.3 is 16.0 Å². The number of amides is 3. The zero-order valence-electron chi connectivity index (χ0n) is 22.3. The van der Waals surface area contributed by atoms with E-state index in [1.54, 1.807) is 66.7 Å². The van der Waals surface area contributed by atoms with Crippen LogP contribution in [0.15, 0.2) is 108 Å². The monoisotopic (exact) mass is 603 g/mol. The minimum atomic E-state index is -0.558. The largest absolute Gasteiger partial charge is 0.325 e. The summed E-state index contributed by atoms with van der Waals surface area (Å²) in [6, 6.07) is 28.3. The first-order valence-corrected chi connectivity index (χ1v) is 14.3. The summed E-state index contributed by atoms with van der Waals surface area (Å²) in [5.74, 6) is -1.15. The van der Waals surface area contributed by atoms with Gasteiger partial charge in [-0.25, -0.2) is 0 Å². The van der Waals surface area contributed by atoms with Gasteiger partial charge >= 0.3 is 0 Å². The van der Waals surface area contributed by atoms with E-state index in [2.05, 4.69) is 16.0 Å². The molecule has 0 aliphatic carbocycles. The summed E-state index contributed by atoms with van der Waals surface area (Å²) in [5.41, 5.74) is 3.16. The second-order valence-corrected chi connectivity index (χ2v) is 11.3. The van der Waals surface area contributed by atoms with Crippen LogP contribution in [0.3, 0.4) is 0 Å². The lowest BCUT2D eigenvalue weighted by Crippen LogP contribution is -2.30. The third-order valence-electron chi connectivity index (χ3n) is 5.90. The fourth-order valence-electron chi connectivity index (χ4n) is 3.71. The van der Waals surface area contributed by atoms with Gasteiger partial charge in [0.2, 0.25) is 5.91 Å². The summed E-state index contributed by atoms with van der Waals surface area (Å²) in [6.45, 7) is 3.80. The molecule has 0 saturated heterocycles. The fraction of sp³-hybridized carbons (Fsp3) is 0.0938. The minimum Gasteiger partial charge on any atom is -0.325 e. The molecule has 0 aliphatic heterocycles. The number of halogens is 2. The van der Waals surface area contributed by atoms with Crippen molar-refractivity contribution in [3.8, 4) is 0 Å². The second-order valence-electron chi connectivity index (χ2n) is 9.12. The molecule has 4 rings (SSSR count). The van der Waals surface area contributed by atoms with Crippen molar-refractivity contribution in [2.45, 2.75) is 24.0 Å². The van der Waals surface area contributed by atoms with Crippen molar-refractivity contribution < 1.29 is 14.4 Å². The van der Waals surface area contributed by atoms with Crippen LogP contribution in [0.1, 0.15) is 28.4 Å². The zero-order chi connectivity index (χ0) is 29.4. The van der Waals surface area contributed by atoms with Gasteiger partial charge in [0.25, 0.3) is 11.8 Å². The van der Waals surface area contributed by atoms with E-state index in [0.717, 1.165) is 16.1 Å². The number of hydrogen-bond donors (Lipinski definition) is 3. The van der Waals surface area contributed by atoms with Crippen molar-refractivity contribution in [2.75, 3.05) is 10.6 Å². The van der Waals surface area contributed by atoms with Crippen LogP contribution in [-0.4, -0.2) is 23.0 Å². The first-order chi connectivity index (χ1) is 19.7. The molecule has 4 aromatic rings. The summed E-state index contributed by atoms with van der Waals surface area (Å²) in [4.78, 5) is 39.8. The average Bonchev–Trinajstić information content (AvgIpc) is 2.96. The third kappa shape index (κ3) is 8.47. The van der Waals surface area contributed by atoms with Crippen molar-refractivity contribution in [1.82, 2.24) is 5.32 Å². The molecule has 1 atom stereocenters. The maximum Gasteiger partial charge on any atom is 0.272 e. The third-order valence-corrected chi connectivity index (χ3v) is 7.83. The van der Waals surface area contributed by atoms with Gasteiger partial charge in [-0.1, -0.05) is 77.3 Å². The Morgan fingerprint density at radius 1 is 0.805 bits per heavy atom. The number of carbonyl (C=O) groups is 3. The molecular formula is C32H27Cl2N3O3S. The quantitative estimate of drug-likeness (QED) is 0.134. The molecule has 6 nitrogen and oxygen atoms in total. The topological polar surface area (TPSA) is 87.3 Å². The number of carbonyl (C=O) groups excluding carboxylic acids is 3. The Labute approximate surface area is 253 Å². The molecule has 1 unspecified atom stereocenters. The van der Waals surface area contributed by atoms with Crippen LogP contribution in [-0.2, 0) is 9.59 Å². The Hall–Kier alpha value is -4.04. The van der Waals surface area contributed by atoms with Gasteiger partial charge in [0.1, 0.15) is 5.70 Å². The van der Waals surface area contributed by atoms with E-state index in [-0.39, 0.29) is 16.6 Å². The smallest absolute Gasteiger partial charge is 0.272 e. The molecule has 0 aromatic heterocycles. The van der Waals surface area contributed by atoms with Crippen LogP contribution in [0.25, 0.3) is 6.08 Å². The molecule has 0 bridgehead atoms. The van der Waals surface area contributed by atoms with Gasteiger partial charge in [-0.15, -0.1) is 11.8 Å². The molecule has 41 heavy (non-hydrogen) atoms. The molecule has 0 fully saturated rings. The highest BCUT2D eigenvalue weighted by atomic mass is 35.5. The van der Waals surface area contributed by atoms with Crippen molar-refractivity contribution in [1.29, 1.82) is 0 Å². The van der Waals surface area contributed by atoms with Crippen LogP contribution in [0.5, 0.6) is 0 Å². The number of rotatable bonds is 9. The minimum absolute atomic E-state index is 0.0214.